The van der Waals surface area contributed by atoms with E-state index in [9.17, 15) is 8.42 Å². The minimum absolute atomic E-state index is 0.0919. The number of piperazine rings is 1. The first-order chi connectivity index (χ1) is 14.2. The van der Waals surface area contributed by atoms with E-state index >= 15 is 0 Å². The first kappa shape index (κ1) is 22.7. The molecule has 0 unspecified atom stereocenters. The van der Waals surface area contributed by atoms with Crippen LogP contribution in [0, 0.1) is 13.8 Å². The van der Waals surface area contributed by atoms with Crippen LogP contribution in [0.15, 0.2) is 47.4 Å². The second-order valence-electron chi connectivity index (χ2n) is 8.70. The maximum Gasteiger partial charge on any atom is 0.241 e. The summed E-state index contributed by atoms with van der Waals surface area (Å²) < 4.78 is 29.1. The molecule has 0 aliphatic carbocycles. The average molecular weight is 433 g/mol. The molecule has 6 nitrogen and oxygen atoms in total. The van der Waals surface area contributed by atoms with E-state index in [1.807, 2.05) is 40.1 Å². The zero-order chi connectivity index (χ0) is 21.9. The summed E-state index contributed by atoms with van der Waals surface area (Å²) in [5.74, 6) is 0. The van der Waals surface area contributed by atoms with E-state index in [1.54, 1.807) is 6.07 Å². The number of rotatable bonds is 7. The maximum absolute atomic E-state index is 13.1. The van der Waals surface area contributed by atoms with Crippen molar-refractivity contribution in [1.82, 2.24) is 4.72 Å². The first-order valence-corrected chi connectivity index (χ1v) is 12.2. The Bertz CT molecular complexity index is 950. The molecule has 2 aromatic carbocycles. The van der Waals surface area contributed by atoms with E-state index in [0.717, 1.165) is 43.0 Å². The van der Waals surface area contributed by atoms with Gasteiger partial charge in [-0.15, -0.1) is 0 Å². The summed E-state index contributed by atoms with van der Waals surface area (Å²) in [6, 6.07) is 14.1. The lowest BCUT2D eigenvalue weighted by atomic mass is 10.0. The van der Waals surface area contributed by atoms with Gasteiger partial charge in [0.05, 0.1) is 18.5 Å². The lowest BCUT2D eigenvalue weighted by molar-refractivity contribution is -1.02. The van der Waals surface area contributed by atoms with E-state index in [2.05, 4.69) is 40.9 Å². The van der Waals surface area contributed by atoms with E-state index in [4.69, 9.17) is 0 Å². The van der Waals surface area contributed by atoms with E-state index in [-0.39, 0.29) is 6.04 Å². The molecule has 1 aliphatic heterocycles. The highest BCUT2D eigenvalue weighted by Crippen LogP contribution is 2.20. The molecule has 0 bridgehead atoms. The molecule has 1 fully saturated rings. The predicted molar refractivity (Wildman–Crippen MR) is 122 cm³/mol. The average Bonchev–Trinajstić information content (AvgIpc) is 2.71. The monoisotopic (exact) mass is 432 g/mol. The largest absolute Gasteiger partial charge is 0.378 e. The summed E-state index contributed by atoms with van der Waals surface area (Å²) in [6.07, 6.45) is 0. The summed E-state index contributed by atoms with van der Waals surface area (Å²) in [5.41, 5.74) is 4.12. The SMILES string of the molecule is Cc1cccc(S(=O)(=O)NC[C@H](c2ccc(N(C)C)cc2)[NH+]2CC[NH+](C)CC2)c1C. The van der Waals surface area contributed by atoms with Crippen LogP contribution in [-0.4, -0.2) is 62.3 Å². The summed E-state index contributed by atoms with van der Waals surface area (Å²) in [5, 5.41) is 0. The molecular weight excluding hydrogens is 396 g/mol. The summed E-state index contributed by atoms with van der Waals surface area (Å²) in [6.45, 7) is 8.49. The van der Waals surface area contributed by atoms with Crippen molar-refractivity contribution in [2.45, 2.75) is 24.8 Å². The van der Waals surface area contributed by atoms with E-state index in [0.29, 0.717) is 11.4 Å². The molecule has 1 aliphatic rings. The molecule has 0 amide bonds. The van der Waals surface area contributed by atoms with Crippen LogP contribution >= 0.6 is 0 Å². The Morgan fingerprint density at radius 3 is 2.23 bits per heavy atom. The highest BCUT2D eigenvalue weighted by molar-refractivity contribution is 7.89. The molecule has 164 valence electrons. The molecule has 1 atom stereocenters. The number of nitrogens with zero attached hydrogens (tertiary/aromatic N) is 1. The molecule has 3 N–H and O–H groups in total. The smallest absolute Gasteiger partial charge is 0.241 e. The molecule has 7 heteroatoms. The third-order valence-corrected chi connectivity index (χ3v) is 7.94. The number of hydrogen-bond donors (Lipinski definition) is 3. The second-order valence-corrected chi connectivity index (χ2v) is 10.4. The van der Waals surface area contributed by atoms with Crippen molar-refractivity contribution in [3.8, 4) is 0 Å². The van der Waals surface area contributed by atoms with Crippen molar-refractivity contribution in [1.29, 1.82) is 0 Å². The van der Waals surface area contributed by atoms with Gasteiger partial charge in [-0.05, 0) is 43.2 Å². The Labute approximate surface area is 181 Å². The minimum Gasteiger partial charge on any atom is -0.378 e. The van der Waals surface area contributed by atoms with Gasteiger partial charge in [0, 0.05) is 25.3 Å². The van der Waals surface area contributed by atoms with Crippen molar-refractivity contribution in [3.63, 3.8) is 0 Å². The molecule has 1 saturated heterocycles. The zero-order valence-electron chi connectivity index (χ0n) is 18.8. The van der Waals surface area contributed by atoms with Crippen LogP contribution in [0.4, 0.5) is 5.69 Å². The molecule has 2 aromatic rings. The number of nitrogens with one attached hydrogen (secondary N) is 3. The lowest BCUT2D eigenvalue weighted by Crippen LogP contribution is -3.27. The van der Waals surface area contributed by atoms with Crippen molar-refractivity contribution >= 4 is 15.7 Å². The quantitative estimate of drug-likeness (QED) is 0.568. The summed E-state index contributed by atoms with van der Waals surface area (Å²) >= 11 is 0. The topological polar surface area (TPSA) is 58.3 Å². The number of benzene rings is 2. The van der Waals surface area contributed by atoms with Crippen LogP contribution in [0.1, 0.15) is 22.7 Å². The Hall–Kier alpha value is -1.93. The van der Waals surface area contributed by atoms with Crippen molar-refractivity contribution in [3.05, 3.63) is 59.2 Å². The van der Waals surface area contributed by atoms with Crippen molar-refractivity contribution in [2.24, 2.45) is 0 Å². The normalized spacial score (nSPS) is 20.7. The third-order valence-electron chi connectivity index (χ3n) is 6.37. The van der Waals surface area contributed by atoms with Crippen molar-refractivity contribution < 1.29 is 18.2 Å². The number of sulfonamides is 1. The van der Waals surface area contributed by atoms with Crippen molar-refractivity contribution in [2.75, 3.05) is 58.8 Å². The molecule has 0 aromatic heterocycles. The number of aryl methyl sites for hydroxylation is 1. The summed E-state index contributed by atoms with van der Waals surface area (Å²) in [4.78, 5) is 5.44. The van der Waals surface area contributed by atoms with E-state index < -0.39 is 10.0 Å². The molecule has 0 spiro atoms. The van der Waals surface area contributed by atoms with Crippen LogP contribution in [0.25, 0.3) is 0 Å². The third kappa shape index (κ3) is 5.21. The first-order valence-electron chi connectivity index (χ1n) is 10.7. The Balaban J connectivity index is 1.84. The molecule has 30 heavy (non-hydrogen) atoms. The van der Waals surface area contributed by atoms with Crippen LogP contribution in [0.5, 0.6) is 0 Å². The van der Waals surface area contributed by atoms with Crippen LogP contribution in [-0.2, 0) is 10.0 Å². The number of quaternary nitrogens is 2. The van der Waals surface area contributed by atoms with Crippen LogP contribution < -0.4 is 19.4 Å². The number of anilines is 1. The molecule has 3 rings (SSSR count). The fraction of sp³-hybridized carbons (Fsp3) is 0.478. The van der Waals surface area contributed by atoms with Gasteiger partial charge in [0.1, 0.15) is 32.2 Å². The lowest BCUT2D eigenvalue weighted by Gasteiger charge is -2.33. The Morgan fingerprint density at radius 1 is 1.00 bits per heavy atom. The molecular formula is C23H36N4O2S+2. The number of hydrogen-bond acceptors (Lipinski definition) is 3. The Kier molecular flexibility index (Phi) is 7.18. The zero-order valence-corrected chi connectivity index (χ0v) is 19.6. The van der Waals surface area contributed by atoms with Gasteiger partial charge in [0.15, 0.2) is 0 Å². The van der Waals surface area contributed by atoms with Gasteiger partial charge in [-0.2, -0.15) is 0 Å². The maximum atomic E-state index is 13.1. The minimum atomic E-state index is -3.56. The molecule has 0 saturated carbocycles. The standard InChI is InChI=1S/C23H34N4O2S/c1-18-7-6-8-23(19(18)2)30(28,29)24-17-22(27-15-13-26(5)14-16-27)20-9-11-21(12-10-20)25(3)4/h6-12,22,24H,13-17H2,1-5H3/p+2/t22-/m1/s1. The summed E-state index contributed by atoms with van der Waals surface area (Å²) in [7, 11) is 2.71. The number of likely N-dealkylation sites (N-methyl/N-ethyl adjacent to an activating group) is 1. The van der Waals surface area contributed by atoms with Gasteiger partial charge >= 0.3 is 0 Å². The predicted octanol–water partition coefficient (Wildman–Crippen LogP) is -0.198. The van der Waals surface area contributed by atoms with Crippen LogP contribution in [0.3, 0.4) is 0 Å². The van der Waals surface area contributed by atoms with Gasteiger partial charge < -0.3 is 14.7 Å². The van der Waals surface area contributed by atoms with Crippen LogP contribution in [0.2, 0.25) is 0 Å². The van der Waals surface area contributed by atoms with E-state index in [1.165, 1.54) is 15.4 Å². The molecule has 1 heterocycles. The fourth-order valence-corrected chi connectivity index (χ4v) is 5.50. The molecule has 0 radical (unpaired) electrons. The van der Waals surface area contributed by atoms with Gasteiger partial charge in [0.2, 0.25) is 10.0 Å². The Morgan fingerprint density at radius 2 is 1.63 bits per heavy atom. The van der Waals surface area contributed by atoms with Gasteiger partial charge in [-0.25, -0.2) is 13.1 Å². The fourth-order valence-electron chi connectivity index (χ4n) is 4.14. The van der Waals surface area contributed by atoms with Gasteiger partial charge in [-0.3, -0.25) is 0 Å². The second kappa shape index (κ2) is 9.47. The highest BCUT2D eigenvalue weighted by Gasteiger charge is 2.31. The highest BCUT2D eigenvalue weighted by atomic mass is 32.2. The van der Waals surface area contributed by atoms with Gasteiger partial charge in [-0.1, -0.05) is 24.3 Å². The van der Waals surface area contributed by atoms with Gasteiger partial charge in [0.25, 0.3) is 0 Å².